The summed E-state index contributed by atoms with van der Waals surface area (Å²) in [6.07, 6.45) is 0.941. The zero-order chi connectivity index (χ0) is 21.9. The number of terminal acetylenes is 1. The van der Waals surface area contributed by atoms with Crippen molar-refractivity contribution in [2.75, 3.05) is 38.5 Å². The van der Waals surface area contributed by atoms with Crippen molar-refractivity contribution in [2.45, 2.75) is 19.6 Å². The lowest BCUT2D eigenvalue weighted by molar-refractivity contribution is -0.137. The van der Waals surface area contributed by atoms with Gasteiger partial charge in [0.2, 0.25) is 0 Å². The summed E-state index contributed by atoms with van der Waals surface area (Å²) in [6.45, 7) is 5.53. The highest BCUT2D eigenvalue weighted by Gasteiger charge is 2.31. The summed E-state index contributed by atoms with van der Waals surface area (Å²) < 4.78 is 40.3. The number of aryl methyl sites for hydroxylation is 1. The summed E-state index contributed by atoms with van der Waals surface area (Å²) in [5.74, 6) is 2.00. The molecule has 0 saturated carbocycles. The summed E-state index contributed by atoms with van der Waals surface area (Å²) in [7, 11) is 2.02. The minimum atomic E-state index is -4.50. The van der Waals surface area contributed by atoms with Gasteiger partial charge in [-0.05, 0) is 55.4 Å². The fourth-order valence-corrected chi connectivity index (χ4v) is 3.41. The van der Waals surface area contributed by atoms with Gasteiger partial charge in [-0.25, -0.2) is 0 Å². The molecule has 0 atom stereocenters. The molecule has 0 aromatic heterocycles. The lowest BCUT2D eigenvalue weighted by Gasteiger charge is -2.32. The second-order valence-electron chi connectivity index (χ2n) is 7.62. The van der Waals surface area contributed by atoms with Crippen LogP contribution < -0.4 is 5.32 Å². The highest BCUT2D eigenvalue weighted by Crippen LogP contribution is 2.32. The summed E-state index contributed by atoms with van der Waals surface area (Å²) in [6, 6.07) is 8.59. The van der Waals surface area contributed by atoms with Gasteiger partial charge in [0.15, 0.2) is 0 Å². The van der Waals surface area contributed by atoms with Gasteiger partial charge in [-0.3, -0.25) is 9.69 Å². The number of carbonyl (C=O) groups excluding carboxylic acids is 1. The first kappa shape index (κ1) is 21.9. The second-order valence-corrected chi connectivity index (χ2v) is 7.62. The fourth-order valence-electron chi connectivity index (χ4n) is 3.41. The molecule has 1 aliphatic heterocycles. The maximum absolute atomic E-state index is 13.4. The smallest absolute Gasteiger partial charge is 0.322 e. The van der Waals surface area contributed by atoms with Gasteiger partial charge in [0.25, 0.3) is 5.91 Å². The Hall–Kier alpha value is -2.82. The van der Waals surface area contributed by atoms with Gasteiger partial charge in [-0.2, -0.15) is 13.2 Å². The van der Waals surface area contributed by atoms with Crippen LogP contribution in [0.5, 0.6) is 0 Å². The van der Waals surface area contributed by atoms with E-state index in [-0.39, 0.29) is 5.69 Å². The number of carbonyl (C=O) groups is 1. The molecule has 0 spiro atoms. The molecule has 1 heterocycles. The van der Waals surface area contributed by atoms with E-state index >= 15 is 0 Å². The van der Waals surface area contributed by atoms with Gasteiger partial charge in [0, 0.05) is 49.5 Å². The third-order valence-electron chi connectivity index (χ3n) is 5.24. The number of halogens is 3. The Morgan fingerprint density at radius 1 is 1.13 bits per heavy atom. The normalized spacial score (nSPS) is 15.6. The Morgan fingerprint density at radius 3 is 2.47 bits per heavy atom. The SMILES string of the molecule is C#Cc1cc(C(=O)Nc2cc(CN3CCN(C)CC3)cc(C(F)(F)F)c2)ccc1C. The first-order valence-corrected chi connectivity index (χ1v) is 9.66. The van der Waals surface area contributed by atoms with Crippen LogP contribution in [0.15, 0.2) is 36.4 Å². The molecule has 4 nitrogen and oxygen atoms in total. The Labute approximate surface area is 174 Å². The number of anilines is 1. The van der Waals surface area contributed by atoms with Crippen LogP contribution in [0, 0.1) is 19.3 Å². The summed E-state index contributed by atoms with van der Waals surface area (Å²) in [5.41, 5.74) is 1.56. The Balaban J connectivity index is 1.84. The van der Waals surface area contributed by atoms with Crippen molar-refractivity contribution in [3.8, 4) is 12.3 Å². The van der Waals surface area contributed by atoms with E-state index in [9.17, 15) is 18.0 Å². The van der Waals surface area contributed by atoms with Gasteiger partial charge in [-0.1, -0.05) is 12.0 Å². The van der Waals surface area contributed by atoms with Crippen LogP contribution in [0.1, 0.15) is 32.6 Å². The molecule has 0 aliphatic carbocycles. The van der Waals surface area contributed by atoms with Crippen molar-refractivity contribution in [1.29, 1.82) is 0 Å². The largest absolute Gasteiger partial charge is 0.416 e. The number of nitrogens with zero attached hydrogens (tertiary/aromatic N) is 2. The molecule has 1 N–H and O–H groups in total. The molecule has 7 heteroatoms. The molecule has 30 heavy (non-hydrogen) atoms. The highest BCUT2D eigenvalue weighted by molar-refractivity contribution is 6.04. The van der Waals surface area contributed by atoms with E-state index in [0.29, 0.717) is 23.2 Å². The van der Waals surface area contributed by atoms with Crippen molar-refractivity contribution < 1.29 is 18.0 Å². The maximum Gasteiger partial charge on any atom is 0.416 e. The lowest BCUT2D eigenvalue weighted by Crippen LogP contribution is -2.43. The van der Waals surface area contributed by atoms with Gasteiger partial charge >= 0.3 is 6.18 Å². The van der Waals surface area contributed by atoms with Crippen molar-refractivity contribution in [1.82, 2.24) is 9.80 Å². The van der Waals surface area contributed by atoms with Gasteiger partial charge in [-0.15, -0.1) is 6.42 Å². The van der Waals surface area contributed by atoms with Crippen LogP contribution >= 0.6 is 0 Å². The number of likely N-dealkylation sites (N-methyl/N-ethyl adjacent to an activating group) is 1. The Kier molecular flexibility index (Phi) is 6.49. The van der Waals surface area contributed by atoms with E-state index in [1.807, 2.05) is 14.0 Å². The average molecular weight is 415 g/mol. The Morgan fingerprint density at radius 2 is 1.83 bits per heavy atom. The maximum atomic E-state index is 13.4. The average Bonchev–Trinajstić information content (AvgIpc) is 2.69. The zero-order valence-electron chi connectivity index (χ0n) is 17.0. The molecule has 2 aromatic carbocycles. The van der Waals surface area contributed by atoms with Crippen LogP contribution in [0.3, 0.4) is 0 Å². The molecule has 2 aromatic rings. The quantitative estimate of drug-likeness (QED) is 0.767. The molecule has 1 aliphatic rings. The standard InChI is InChI=1S/C23H24F3N3O/c1-4-18-13-19(6-5-16(18)2)22(30)27-21-12-17(11-20(14-21)23(24,25)26)15-29-9-7-28(3)8-10-29/h1,5-6,11-14H,7-10,15H2,2-3H3,(H,27,30). The summed E-state index contributed by atoms with van der Waals surface area (Å²) >= 11 is 0. The molecular formula is C23H24F3N3O. The number of rotatable bonds is 4. The van der Waals surface area contributed by atoms with Crippen LogP contribution in [-0.4, -0.2) is 48.9 Å². The predicted octanol–water partition coefficient (Wildman–Crippen LogP) is 3.99. The first-order chi connectivity index (χ1) is 14.2. The van der Waals surface area contributed by atoms with Crippen LogP contribution in [0.2, 0.25) is 0 Å². The monoisotopic (exact) mass is 415 g/mol. The van der Waals surface area contributed by atoms with Crippen LogP contribution in [0.4, 0.5) is 18.9 Å². The number of amides is 1. The van der Waals surface area contributed by atoms with Crippen LogP contribution in [-0.2, 0) is 12.7 Å². The number of nitrogens with one attached hydrogen (secondary N) is 1. The third kappa shape index (κ3) is 5.41. The molecule has 0 bridgehead atoms. The fraction of sp³-hybridized carbons (Fsp3) is 0.348. The molecule has 158 valence electrons. The lowest BCUT2D eigenvalue weighted by atomic mass is 10.0. The van der Waals surface area contributed by atoms with E-state index in [4.69, 9.17) is 6.42 Å². The predicted molar refractivity (Wildman–Crippen MR) is 111 cm³/mol. The molecular weight excluding hydrogens is 391 g/mol. The van der Waals surface area contributed by atoms with Gasteiger partial charge in [0.05, 0.1) is 5.56 Å². The minimum Gasteiger partial charge on any atom is -0.322 e. The topological polar surface area (TPSA) is 35.6 Å². The molecule has 0 radical (unpaired) electrons. The van der Waals surface area contributed by atoms with Crippen molar-refractivity contribution in [3.63, 3.8) is 0 Å². The van der Waals surface area contributed by atoms with Gasteiger partial charge < -0.3 is 10.2 Å². The van der Waals surface area contributed by atoms with Crippen molar-refractivity contribution in [3.05, 3.63) is 64.2 Å². The number of hydrogen-bond acceptors (Lipinski definition) is 3. The summed E-state index contributed by atoms with van der Waals surface area (Å²) in [4.78, 5) is 16.9. The van der Waals surface area contributed by atoms with Crippen molar-refractivity contribution in [2.24, 2.45) is 0 Å². The number of piperazine rings is 1. The Bertz CT molecular complexity index is 971. The second kappa shape index (κ2) is 8.90. The first-order valence-electron chi connectivity index (χ1n) is 9.66. The van der Waals surface area contributed by atoms with E-state index in [1.54, 1.807) is 24.3 Å². The zero-order valence-corrected chi connectivity index (χ0v) is 17.0. The molecule has 1 saturated heterocycles. The van der Waals surface area contributed by atoms with Crippen LogP contribution in [0.25, 0.3) is 0 Å². The molecule has 1 amide bonds. The van der Waals surface area contributed by atoms with E-state index in [0.717, 1.165) is 43.9 Å². The van der Waals surface area contributed by atoms with Crippen molar-refractivity contribution >= 4 is 11.6 Å². The summed E-state index contributed by atoms with van der Waals surface area (Å²) in [5, 5.41) is 2.59. The van der Waals surface area contributed by atoms with E-state index < -0.39 is 17.6 Å². The molecule has 3 rings (SSSR count). The third-order valence-corrected chi connectivity index (χ3v) is 5.24. The number of alkyl halides is 3. The molecule has 0 unspecified atom stereocenters. The van der Waals surface area contributed by atoms with E-state index in [2.05, 4.69) is 21.0 Å². The molecule has 1 fully saturated rings. The minimum absolute atomic E-state index is 0.113. The van der Waals surface area contributed by atoms with Gasteiger partial charge in [0.1, 0.15) is 0 Å². The van der Waals surface area contributed by atoms with E-state index in [1.165, 1.54) is 0 Å². The number of hydrogen-bond donors (Lipinski definition) is 1. The number of benzene rings is 2. The highest BCUT2D eigenvalue weighted by atomic mass is 19.4.